The van der Waals surface area contributed by atoms with E-state index in [1.54, 1.807) is 7.11 Å². The SMILES string of the molecule is COc1cc(C(C)NC(C)c2cccc(C)c2C)ccc1OCCO. The minimum atomic E-state index is -0.0176. The van der Waals surface area contributed by atoms with E-state index in [1.807, 2.05) is 18.2 Å². The van der Waals surface area contributed by atoms with Crippen molar-refractivity contribution < 1.29 is 14.6 Å². The lowest BCUT2D eigenvalue weighted by molar-refractivity contribution is 0.196. The minimum absolute atomic E-state index is 0.0176. The van der Waals surface area contributed by atoms with E-state index in [0.29, 0.717) is 11.5 Å². The second kappa shape index (κ2) is 8.88. The van der Waals surface area contributed by atoms with Crippen molar-refractivity contribution in [1.82, 2.24) is 5.32 Å². The second-order valence-corrected chi connectivity index (χ2v) is 6.38. The average molecular weight is 343 g/mol. The molecule has 0 saturated carbocycles. The quantitative estimate of drug-likeness (QED) is 0.758. The van der Waals surface area contributed by atoms with Crippen molar-refractivity contribution in [2.45, 2.75) is 39.8 Å². The Morgan fingerprint density at radius 1 is 1.04 bits per heavy atom. The van der Waals surface area contributed by atoms with Gasteiger partial charge in [0.25, 0.3) is 0 Å². The van der Waals surface area contributed by atoms with Gasteiger partial charge in [-0.2, -0.15) is 0 Å². The fraction of sp³-hybridized carbons (Fsp3) is 0.429. The van der Waals surface area contributed by atoms with Crippen molar-refractivity contribution in [3.8, 4) is 11.5 Å². The number of aliphatic hydroxyl groups excluding tert-OH is 1. The second-order valence-electron chi connectivity index (χ2n) is 6.38. The summed E-state index contributed by atoms with van der Waals surface area (Å²) in [6.45, 7) is 8.89. The molecule has 25 heavy (non-hydrogen) atoms. The molecule has 0 aliphatic carbocycles. The molecular formula is C21H29NO3. The molecule has 2 atom stereocenters. The van der Waals surface area contributed by atoms with Crippen molar-refractivity contribution >= 4 is 0 Å². The summed E-state index contributed by atoms with van der Waals surface area (Å²) in [6.07, 6.45) is 0. The highest BCUT2D eigenvalue weighted by Crippen LogP contribution is 2.31. The number of nitrogens with one attached hydrogen (secondary N) is 1. The Balaban J connectivity index is 2.14. The molecule has 0 radical (unpaired) electrons. The van der Waals surface area contributed by atoms with Crippen molar-refractivity contribution in [3.63, 3.8) is 0 Å². The molecule has 2 rings (SSSR count). The molecule has 0 heterocycles. The van der Waals surface area contributed by atoms with Gasteiger partial charge < -0.3 is 19.9 Å². The zero-order valence-corrected chi connectivity index (χ0v) is 15.8. The number of ether oxygens (including phenoxy) is 2. The van der Waals surface area contributed by atoms with Crippen molar-refractivity contribution in [2.75, 3.05) is 20.3 Å². The number of methoxy groups -OCH3 is 1. The van der Waals surface area contributed by atoms with Gasteiger partial charge in [-0.25, -0.2) is 0 Å². The number of benzene rings is 2. The molecule has 2 aromatic carbocycles. The Bertz CT molecular complexity index is 700. The molecule has 4 nitrogen and oxygen atoms in total. The molecule has 0 aromatic heterocycles. The highest BCUT2D eigenvalue weighted by molar-refractivity contribution is 5.44. The van der Waals surface area contributed by atoms with E-state index in [2.05, 4.69) is 51.2 Å². The predicted octanol–water partition coefficient (Wildman–Crippen LogP) is 4.09. The Labute approximate surface area is 150 Å². The maximum absolute atomic E-state index is 8.91. The Morgan fingerprint density at radius 2 is 1.80 bits per heavy atom. The van der Waals surface area contributed by atoms with Gasteiger partial charge in [-0.05, 0) is 62.1 Å². The van der Waals surface area contributed by atoms with E-state index in [0.717, 1.165) is 5.56 Å². The first kappa shape index (κ1) is 19.3. The minimum Gasteiger partial charge on any atom is -0.493 e. The van der Waals surface area contributed by atoms with Gasteiger partial charge in [0.05, 0.1) is 13.7 Å². The highest BCUT2D eigenvalue weighted by atomic mass is 16.5. The van der Waals surface area contributed by atoms with Crippen LogP contribution in [0.5, 0.6) is 11.5 Å². The van der Waals surface area contributed by atoms with E-state index in [9.17, 15) is 0 Å². The van der Waals surface area contributed by atoms with E-state index in [-0.39, 0.29) is 25.3 Å². The highest BCUT2D eigenvalue weighted by Gasteiger charge is 2.15. The lowest BCUT2D eigenvalue weighted by Gasteiger charge is -2.23. The molecule has 0 fully saturated rings. The number of hydrogen-bond donors (Lipinski definition) is 2. The third kappa shape index (κ3) is 4.74. The van der Waals surface area contributed by atoms with Crippen LogP contribution in [-0.2, 0) is 0 Å². The number of aliphatic hydroxyl groups is 1. The molecule has 0 aliphatic heterocycles. The van der Waals surface area contributed by atoms with Crippen molar-refractivity contribution in [1.29, 1.82) is 0 Å². The summed E-state index contributed by atoms with van der Waals surface area (Å²) in [5.41, 5.74) is 5.10. The van der Waals surface area contributed by atoms with Crippen LogP contribution in [0.15, 0.2) is 36.4 Å². The number of rotatable bonds is 8. The van der Waals surface area contributed by atoms with Crippen LogP contribution >= 0.6 is 0 Å². The maximum atomic E-state index is 8.91. The Kier molecular flexibility index (Phi) is 6.85. The van der Waals surface area contributed by atoms with Crippen LogP contribution in [0, 0.1) is 13.8 Å². The summed E-state index contributed by atoms with van der Waals surface area (Å²) in [5, 5.41) is 12.6. The van der Waals surface area contributed by atoms with Crippen LogP contribution in [0.3, 0.4) is 0 Å². The molecule has 2 aromatic rings. The first-order valence-corrected chi connectivity index (χ1v) is 8.71. The lowest BCUT2D eigenvalue weighted by Crippen LogP contribution is -2.23. The Hall–Kier alpha value is -2.04. The molecule has 2 N–H and O–H groups in total. The molecule has 4 heteroatoms. The van der Waals surface area contributed by atoms with Gasteiger partial charge in [0.1, 0.15) is 6.61 Å². The molecule has 2 unspecified atom stereocenters. The molecule has 0 spiro atoms. The summed E-state index contributed by atoms with van der Waals surface area (Å²) in [4.78, 5) is 0. The van der Waals surface area contributed by atoms with Crippen LogP contribution in [0.2, 0.25) is 0 Å². The summed E-state index contributed by atoms with van der Waals surface area (Å²) < 4.78 is 10.9. The van der Waals surface area contributed by atoms with Crippen LogP contribution < -0.4 is 14.8 Å². The van der Waals surface area contributed by atoms with E-state index in [1.165, 1.54) is 16.7 Å². The smallest absolute Gasteiger partial charge is 0.161 e. The molecule has 0 saturated heterocycles. The fourth-order valence-corrected chi connectivity index (χ4v) is 3.03. The summed E-state index contributed by atoms with van der Waals surface area (Å²) in [5.74, 6) is 1.33. The van der Waals surface area contributed by atoms with E-state index in [4.69, 9.17) is 14.6 Å². The first-order chi connectivity index (χ1) is 12.0. The van der Waals surface area contributed by atoms with Crippen LogP contribution in [-0.4, -0.2) is 25.4 Å². The Morgan fingerprint density at radius 3 is 2.48 bits per heavy atom. The van der Waals surface area contributed by atoms with Gasteiger partial charge in [0, 0.05) is 12.1 Å². The molecule has 0 aliphatic rings. The van der Waals surface area contributed by atoms with Gasteiger partial charge in [-0.15, -0.1) is 0 Å². The zero-order chi connectivity index (χ0) is 18.4. The van der Waals surface area contributed by atoms with Crippen LogP contribution in [0.25, 0.3) is 0 Å². The third-order valence-electron chi connectivity index (χ3n) is 4.65. The molecule has 0 amide bonds. The average Bonchev–Trinajstić information content (AvgIpc) is 2.61. The molecular weight excluding hydrogens is 314 g/mol. The monoisotopic (exact) mass is 343 g/mol. The van der Waals surface area contributed by atoms with Crippen molar-refractivity contribution in [2.24, 2.45) is 0 Å². The van der Waals surface area contributed by atoms with Crippen molar-refractivity contribution in [3.05, 3.63) is 58.7 Å². The van der Waals surface area contributed by atoms with E-state index >= 15 is 0 Å². The maximum Gasteiger partial charge on any atom is 0.161 e. The summed E-state index contributed by atoms with van der Waals surface area (Å²) in [6, 6.07) is 12.7. The molecule has 0 bridgehead atoms. The summed E-state index contributed by atoms with van der Waals surface area (Å²) in [7, 11) is 1.63. The molecule has 136 valence electrons. The number of aryl methyl sites for hydroxylation is 1. The first-order valence-electron chi connectivity index (χ1n) is 8.71. The van der Waals surface area contributed by atoms with Crippen LogP contribution in [0.1, 0.15) is 48.2 Å². The van der Waals surface area contributed by atoms with Gasteiger partial charge >= 0.3 is 0 Å². The predicted molar refractivity (Wildman–Crippen MR) is 101 cm³/mol. The standard InChI is InChI=1S/C21H29NO3/c1-14-7-6-8-19(15(14)2)17(4)22-16(3)18-9-10-20(25-12-11-23)21(13-18)24-5/h6-10,13,16-17,22-23H,11-12H2,1-5H3. The van der Waals surface area contributed by atoms with E-state index < -0.39 is 0 Å². The topological polar surface area (TPSA) is 50.7 Å². The van der Waals surface area contributed by atoms with Gasteiger partial charge in [0.15, 0.2) is 11.5 Å². The third-order valence-corrected chi connectivity index (χ3v) is 4.65. The normalized spacial score (nSPS) is 13.4. The number of hydrogen-bond acceptors (Lipinski definition) is 4. The lowest BCUT2D eigenvalue weighted by atomic mass is 9.97. The van der Waals surface area contributed by atoms with Crippen LogP contribution in [0.4, 0.5) is 0 Å². The van der Waals surface area contributed by atoms with Gasteiger partial charge in [-0.3, -0.25) is 0 Å². The zero-order valence-electron chi connectivity index (χ0n) is 15.8. The largest absolute Gasteiger partial charge is 0.493 e. The summed E-state index contributed by atoms with van der Waals surface area (Å²) >= 11 is 0. The van der Waals surface area contributed by atoms with Gasteiger partial charge in [-0.1, -0.05) is 24.3 Å². The van der Waals surface area contributed by atoms with Gasteiger partial charge in [0.2, 0.25) is 0 Å². The fourth-order valence-electron chi connectivity index (χ4n) is 3.03.